The van der Waals surface area contributed by atoms with E-state index in [1.54, 1.807) is 7.11 Å². The van der Waals surface area contributed by atoms with Crippen LogP contribution in [0.15, 0.2) is 94.4 Å². The zero-order chi connectivity index (χ0) is 29.9. The maximum absolute atomic E-state index is 12.1. The van der Waals surface area contributed by atoms with Crippen LogP contribution < -0.4 is 0 Å². The molecular formula is C36H36O6. The van der Waals surface area contributed by atoms with E-state index in [9.17, 15) is 9.59 Å². The number of cyclic esters (lactones) is 1. The Bertz CT molecular complexity index is 1600. The SMILES string of the molecule is CC(C)=C1CC(COC(=O)CCc2cc3cc(C#Cc4ccc(C)cc4)ccc3o2)OC1=O.COCc1ccccc1. The second-order valence-electron chi connectivity index (χ2n) is 10.4. The summed E-state index contributed by atoms with van der Waals surface area (Å²) in [6.45, 7) is 6.58. The van der Waals surface area contributed by atoms with Crippen LogP contribution in [-0.2, 0) is 36.8 Å². The first-order chi connectivity index (χ1) is 20.3. The normalized spacial score (nSPS) is 14.0. The number of carbonyl (C=O) groups is 2. The van der Waals surface area contributed by atoms with E-state index in [-0.39, 0.29) is 25.0 Å². The summed E-state index contributed by atoms with van der Waals surface area (Å²) in [5.74, 6) is 6.41. The predicted octanol–water partition coefficient (Wildman–Crippen LogP) is 7.10. The molecule has 1 aromatic heterocycles. The largest absolute Gasteiger partial charge is 0.462 e. The van der Waals surface area contributed by atoms with Gasteiger partial charge in [-0.15, -0.1) is 0 Å². The lowest BCUT2D eigenvalue weighted by Gasteiger charge is -2.09. The maximum atomic E-state index is 12.1. The van der Waals surface area contributed by atoms with Gasteiger partial charge in [-0.2, -0.15) is 0 Å². The number of carbonyl (C=O) groups excluding carboxylic acids is 2. The lowest BCUT2D eigenvalue weighted by atomic mass is 10.1. The third kappa shape index (κ3) is 8.95. The molecule has 0 spiro atoms. The van der Waals surface area contributed by atoms with E-state index >= 15 is 0 Å². The third-order valence-electron chi connectivity index (χ3n) is 6.69. The van der Waals surface area contributed by atoms with Crippen molar-refractivity contribution in [1.29, 1.82) is 0 Å². The van der Waals surface area contributed by atoms with Crippen molar-refractivity contribution in [2.45, 2.75) is 52.7 Å². The molecule has 1 unspecified atom stereocenters. The van der Waals surface area contributed by atoms with Gasteiger partial charge in [-0.3, -0.25) is 4.79 Å². The third-order valence-corrected chi connectivity index (χ3v) is 6.69. The fraction of sp³-hybridized carbons (Fsp3) is 0.278. The minimum absolute atomic E-state index is 0.0739. The molecule has 2 heterocycles. The van der Waals surface area contributed by atoms with E-state index in [0.29, 0.717) is 30.8 Å². The first kappa shape index (κ1) is 30.4. The van der Waals surface area contributed by atoms with E-state index < -0.39 is 6.10 Å². The van der Waals surface area contributed by atoms with Crippen molar-refractivity contribution >= 4 is 22.9 Å². The topological polar surface area (TPSA) is 75.0 Å². The van der Waals surface area contributed by atoms with Gasteiger partial charge in [0.2, 0.25) is 0 Å². The standard InChI is InChI=1S/C28H26O5.C8H10O/c1-18(2)25-16-24(33-28(25)30)17-31-27(29)13-11-23-15-22-14-21(10-12-26(22)32-23)9-8-20-6-4-19(3)5-7-20;1-9-7-8-5-3-2-4-6-8/h4-7,10,12,14-15,24H,11,13,16-17H2,1-3H3;2-6H,7H2,1H3. The Morgan fingerprint density at radius 2 is 1.67 bits per heavy atom. The van der Waals surface area contributed by atoms with Crippen LogP contribution in [0, 0.1) is 18.8 Å². The van der Waals surface area contributed by atoms with Gasteiger partial charge in [-0.1, -0.05) is 65.4 Å². The molecule has 6 heteroatoms. The molecule has 216 valence electrons. The second-order valence-corrected chi connectivity index (χ2v) is 10.4. The molecule has 5 rings (SSSR count). The minimum Gasteiger partial charge on any atom is -0.462 e. The number of fused-ring (bicyclic) bond motifs is 1. The molecule has 6 nitrogen and oxygen atoms in total. The molecule has 1 fully saturated rings. The Morgan fingerprint density at radius 1 is 0.952 bits per heavy atom. The van der Waals surface area contributed by atoms with Crippen LogP contribution in [0.4, 0.5) is 0 Å². The van der Waals surface area contributed by atoms with Crippen molar-refractivity contribution in [3.05, 3.63) is 118 Å². The quantitative estimate of drug-likeness (QED) is 0.135. The Morgan fingerprint density at radius 3 is 2.36 bits per heavy atom. The van der Waals surface area contributed by atoms with Crippen LogP contribution in [0.25, 0.3) is 11.0 Å². The molecule has 0 saturated carbocycles. The van der Waals surface area contributed by atoms with Crippen LogP contribution in [0.5, 0.6) is 0 Å². The number of aryl methyl sites for hydroxylation is 2. The number of ether oxygens (including phenoxy) is 3. The van der Waals surface area contributed by atoms with Crippen LogP contribution in [0.2, 0.25) is 0 Å². The molecule has 4 aromatic rings. The van der Waals surface area contributed by atoms with Gasteiger partial charge < -0.3 is 18.6 Å². The minimum atomic E-state index is -0.406. The fourth-order valence-electron chi connectivity index (χ4n) is 4.38. The fourth-order valence-corrected chi connectivity index (χ4v) is 4.38. The summed E-state index contributed by atoms with van der Waals surface area (Å²) in [4.78, 5) is 23.9. The van der Waals surface area contributed by atoms with Crippen molar-refractivity contribution < 1.29 is 28.2 Å². The molecule has 0 amide bonds. The number of hydrogen-bond donors (Lipinski definition) is 0. The lowest BCUT2D eigenvalue weighted by molar-refractivity contribution is -0.152. The smallest absolute Gasteiger partial charge is 0.334 e. The van der Waals surface area contributed by atoms with E-state index in [4.69, 9.17) is 18.6 Å². The number of hydrogen-bond acceptors (Lipinski definition) is 6. The van der Waals surface area contributed by atoms with Crippen LogP contribution >= 0.6 is 0 Å². The summed E-state index contributed by atoms with van der Waals surface area (Å²) in [5.41, 5.74) is 6.65. The molecule has 0 aliphatic carbocycles. The lowest BCUT2D eigenvalue weighted by Crippen LogP contribution is -2.18. The van der Waals surface area contributed by atoms with Crippen molar-refractivity contribution in [3.8, 4) is 11.8 Å². The highest BCUT2D eigenvalue weighted by molar-refractivity contribution is 5.91. The van der Waals surface area contributed by atoms with Gasteiger partial charge in [0.05, 0.1) is 13.0 Å². The second kappa shape index (κ2) is 14.9. The molecule has 1 saturated heterocycles. The van der Waals surface area contributed by atoms with Gasteiger partial charge in [0.25, 0.3) is 0 Å². The molecule has 0 N–H and O–H groups in total. The first-order valence-corrected chi connectivity index (χ1v) is 14.0. The van der Waals surface area contributed by atoms with Crippen LogP contribution in [-0.4, -0.2) is 31.8 Å². The van der Waals surface area contributed by atoms with Crippen molar-refractivity contribution in [1.82, 2.24) is 0 Å². The highest BCUT2D eigenvalue weighted by atomic mass is 16.6. The maximum Gasteiger partial charge on any atom is 0.334 e. The Balaban J connectivity index is 0.000000385. The molecule has 1 aliphatic heterocycles. The summed E-state index contributed by atoms with van der Waals surface area (Å²) < 4.78 is 21.3. The Kier molecular flexibility index (Phi) is 10.7. The zero-order valence-electron chi connectivity index (χ0n) is 24.6. The van der Waals surface area contributed by atoms with E-state index in [2.05, 4.69) is 11.8 Å². The van der Waals surface area contributed by atoms with Crippen LogP contribution in [0.3, 0.4) is 0 Å². The number of furan rings is 1. The summed E-state index contributed by atoms with van der Waals surface area (Å²) >= 11 is 0. The van der Waals surface area contributed by atoms with Crippen molar-refractivity contribution in [3.63, 3.8) is 0 Å². The summed E-state index contributed by atoms with van der Waals surface area (Å²) in [7, 11) is 1.70. The van der Waals surface area contributed by atoms with Gasteiger partial charge in [-0.05, 0) is 62.7 Å². The van der Waals surface area contributed by atoms with Crippen molar-refractivity contribution in [2.75, 3.05) is 13.7 Å². The van der Waals surface area contributed by atoms with Gasteiger partial charge >= 0.3 is 11.9 Å². The molecule has 1 atom stereocenters. The van der Waals surface area contributed by atoms with Gasteiger partial charge in [0.15, 0.2) is 0 Å². The summed E-state index contributed by atoms with van der Waals surface area (Å²) in [6, 6.07) is 25.9. The number of allylic oxidation sites excluding steroid dienone is 1. The average Bonchev–Trinajstić information content (AvgIpc) is 3.58. The Hall–Kier alpha value is -4.60. The molecule has 1 aliphatic rings. The number of rotatable bonds is 7. The number of methoxy groups -OCH3 is 1. The van der Waals surface area contributed by atoms with E-state index in [1.807, 2.05) is 99.6 Å². The molecule has 0 bridgehead atoms. The van der Waals surface area contributed by atoms with E-state index in [1.165, 1.54) is 11.1 Å². The molecule has 42 heavy (non-hydrogen) atoms. The zero-order valence-corrected chi connectivity index (χ0v) is 24.6. The van der Waals surface area contributed by atoms with Crippen LogP contribution in [0.1, 0.15) is 54.7 Å². The van der Waals surface area contributed by atoms with Gasteiger partial charge in [0, 0.05) is 42.0 Å². The number of benzene rings is 3. The average molecular weight is 565 g/mol. The first-order valence-electron chi connectivity index (χ1n) is 14.0. The van der Waals surface area contributed by atoms with Crippen molar-refractivity contribution in [2.24, 2.45) is 0 Å². The highest BCUT2D eigenvalue weighted by Crippen LogP contribution is 2.24. The molecule has 0 radical (unpaired) electrons. The monoisotopic (exact) mass is 564 g/mol. The highest BCUT2D eigenvalue weighted by Gasteiger charge is 2.30. The van der Waals surface area contributed by atoms with Gasteiger partial charge in [0.1, 0.15) is 24.1 Å². The Labute approximate surface area is 247 Å². The van der Waals surface area contributed by atoms with Gasteiger partial charge in [-0.25, -0.2) is 4.79 Å². The molecular weight excluding hydrogens is 528 g/mol. The number of esters is 2. The molecule has 3 aromatic carbocycles. The summed E-state index contributed by atoms with van der Waals surface area (Å²) in [5, 5.41) is 0.946. The summed E-state index contributed by atoms with van der Waals surface area (Å²) in [6.07, 6.45) is 0.696. The predicted molar refractivity (Wildman–Crippen MR) is 163 cm³/mol. The van der Waals surface area contributed by atoms with E-state index in [0.717, 1.165) is 27.7 Å².